The Morgan fingerprint density at radius 1 is 1.12 bits per heavy atom. The molecular formula is C19H18N4O3. The molecule has 0 radical (unpaired) electrons. The van der Waals surface area contributed by atoms with E-state index in [0.29, 0.717) is 12.5 Å². The van der Waals surface area contributed by atoms with E-state index in [0.717, 1.165) is 34.1 Å². The van der Waals surface area contributed by atoms with Crippen molar-refractivity contribution in [3.63, 3.8) is 0 Å². The Balaban J connectivity index is 1.55. The molecule has 2 heterocycles. The maximum Gasteiger partial charge on any atom is 0.240 e. The van der Waals surface area contributed by atoms with Crippen LogP contribution in [0.5, 0.6) is 17.2 Å². The number of anilines is 1. The summed E-state index contributed by atoms with van der Waals surface area (Å²) in [5.74, 6) is 8.86. The lowest BCUT2D eigenvalue weighted by Gasteiger charge is -2.17. The normalized spacial score (nSPS) is 12.1. The third-order valence-corrected chi connectivity index (χ3v) is 4.06. The molecule has 0 aliphatic carbocycles. The number of methoxy groups -OCH3 is 1. The number of hydrazine groups is 1. The zero-order chi connectivity index (χ0) is 17.9. The van der Waals surface area contributed by atoms with Gasteiger partial charge in [-0.25, -0.2) is 15.8 Å². The molecule has 0 spiro atoms. The summed E-state index contributed by atoms with van der Waals surface area (Å²) < 4.78 is 16.0. The van der Waals surface area contributed by atoms with Gasteiger partial charge in [-0.2, -0.15) is 0 Å². The van der Waals surface area contributed by atoms with Gasteiger partial charge in [-0.05, 0) is 35.9 Å². The van der Waals surface area contributed by atoms with Gasteiger partial charge in [-0.15, -0.1) is 0 Å². The van der Waals surface area contributed by atoms with Crippen molar-refractivity contribution in [1.29, 1.82) is 0 Å². The van der Waals surface area contributed by atoms with Crippen LogP contribution in [0.15, 0.2) is 54.7 Å². The minimum absolute atomic E-state index is 0.247. The second kappa shape index (κ2) is 6.89. The van der Waals surface area contributed by atoms with Crippen LogP contribution in [0.4, 0.5) is 5.95 Å². The summed E-state index contributed by atoms with van der Waals surface area (Å²) in [5, 5.41) is 1.50. The smallest absolute Gasteiger partial charge is 0.240 e. The molecule has 0 bridgehead atoms. The van der Waals surface area contributed by atoms with Crippen LogP contribution in [0.25, 0.3) is 11.3 Å². The predicted molar refractivity (Wildman–Crippen MR) is 97.0 cm³/mol. The van der Waals surface area contributed by atoms with Crippen molar-refractivity contribution in [3.8, 4) is 28.5 Å². The summed E-state index contributed by atoms with van der Waals surface area (Å²) >= 11 is 0. The molecule has 0 saturated heterocycles. The van der Waals surface area contributed by atoms with Gasteiger partial charge in [0.2, 0.25) is 12.7 Å². The predicted octanol–water partition coefficient (Wildman–Crippen LogP) is 2.76. The van der Waals surface area contributed by atoms with Crippen LogP contribution in [-0.2, 0) is 6.54 Å². The van der Waals surface area contributed by atoms with Crippen LogP contribution >= 0.6 is 0 Å². The summed E-state index contributed by atoms with van der Waals surface area (Å²) in [6.07, 6.45) is 1.69. The maximum absolute atomic E-state index is 6.19. The zero-order valence-corrected chi connectivity index (χ0v) is 14.3. The Hall–Kier alpha value is -3.32. The molecule has 1 aliphatic heterocycles. The summed E-state index contributed by atoms with van der Waals surface area (Å²) in [4.78, 5) is 8.84. The molecule has 0 saturated carbocycles. The van der Waals surface area contributed by atoms with Crippen LogP contribution in [0.1, 0.15) is 5.56 Å². The first kappa shape index (κ1) is 16.2. The van der Waals surface area contributed by atoms with Crippen molar-refractivity contribution in [2.45, 2.75) is 6.54 Å². The fraction of sp³-hybridized carbons (Fsp3) is 0.158. The van der Waals surface area contributed by atoms with Crippen molar-refractivity contribution in [3.05, 3.63) is 60.3 Å². The number of benzene rings is 2. The second-order valence-corrected chi connectivity index (χ2v) is 5.79. The minimum atomic E-state index is 0.247. The van der Waals surface area contributed by atoms with Crippen molar-refractivity contribution in [2.24, 2.45) is 5.84 Å². The van der Waals surface area contributed by atoms with Crippen LogP contribution in [0.2, 0.25) is 0 Å². The Kier molecular flexibility index (Phi) is 4.28. The van der Waals surface area contributed by atoms with Crippen molar-refractivity contribution >= 4 is 5.95 Å². The highest BCUT2D eigenvalue weighted by Gasteiger charge is 2.15. The van der Waals surface area contributed by atoms with E-state index in [9.17, 15) is 0 Å². The van der Waals surface area contributed by atoms with Gasteiger partial charge in [0.15, 0.2) is 11.5 Å². The number of aromatic nitrogens is 2. The summed E-state index contributed by atoms with van der Waals surface area (Å²) in [5.41, 5.74) is 2.69. The lowest BCUT2D eigenvalue weighted by molar-refractivity contribution is 0.174. The number of ether oxygens (including phenoxy) is 3. The van der Waals surface area contributed by atoms with Crippen LogP contribution in [0, 0.1) is 0 Å². The molecule has 1 aliphatic rings. The molecule has 4 rings (SSSR count). The summed E-state index contributed by atoms with van der Waals surface area (Å²) in [6.45, 7) is 0.690. The van der Waals surface area contributed by atoms with E-state index in [2.05, 4.69) is 9.97 Å². The molecule has 1 aromatic heterocycles. The number of nitrogens with zero attached hydrogens (tertiary/aromatic N) is 3. The standard InChI is InChI=1S/C19H18N4O3/c1-24-15-4-2-3-14(10-15)16-7-8-21-19(22-16)23(20)11-13-5-6-17-18(9-13)26-12-25-17/h2-10H,11-12,20H2,1H3. The van der Waals surface area contributed by atoms with Gasteiger partial charge in [0.05, 0.1) is 19.3 Å². The SMILES string of the molecule is COc1cccc(-c2ccnc(N(N)Cc3ccc4c(c3)OCO4)n2)c1. The van der Waals surface area contributed by atoms with Crippen LogP contribution in [-0.4, -0.2) is 23.9 Å². The third-order valence-electron chi connectivity index (χ3n) is 4.06. The molecule has 2 N–H and O–H groups in total. The molecule has 26 heavy (non-hydrogen) atoms. The van der Waals surface area contributed by atoms with Crippen LogP contribution < -0.4 is 25.1 Å². The monoisotopic (exact) mass is 350 g/mol. The minimum Gasteiger partial charge on any atom is -0.497 e. The fourth-order valence-corrected chi connectivity index (χ4v) is 2.74. The largest absolute Gasteiger partial charge is 0.497 e. The first-order valence-corrected chi connectivity index (χ1v) is 8.11. The molecule has 7 nitrogen and oxygen atoms in total. The number of rotatable bonds is 5. The lowest BCUT2D eigenvalue weighted by atomic mass is 10.1. The highest BCUT2D eigenvalue weighted by Crippen LogP contribution is 2.33. The second-order valence-electron chi connectivity index (χ2n) is 5.79. The lowest BCUT2D eigenvalue weighted by Crippen LogP contribution is -2.31. The first-order chi connectivity index (χ1) is 12.7. The Bertz CT molecular complexity index is 932. The molecule has 2 aromatic carbocycles. The zero-order valence-electron chi connectivity index (χ0n) is 14.3. The quantitative estimate of drug-likeness (QED) is 0.559. The van der Waals surface area contributed by atoms with Crippen molar-refractivity contribution in [2.75, 3.05) is 18.9 Å². The van der Waals surface area contributed by atoms with E-state index in [1.54, 1.807) is 13.3 Å². The number of nitrogens with two attached hydrogens (primary N) is 1. The average Bonchev–Trinajstić information content (AvgIpc) is 3.16. The molecule has 7 heteroatoms. The maximum atomic E-state index is 6.19. The average molecular weight is 350 g/mol. The van der Waals surface area contributed by atoms with E-state index >= 15 is 0 Å². The number of hydrogen-bond donors (Lipinski definition) is 1. The third kappa shape index (κ3) is 3.25. The molecule has 0 amide bonds. The number of fused-ring (bicyclic) bond motifs is 1. The highest BCUT2D eigenvalue weighted by atomic mass is 16.7. The molecule has 3 aromatic rings. The van der Waals surface area contributed by atoms with Gasteiger partial charge >= 0.3 is 0 Å². The van der Waals surface area contributed by atoms with E-state index in [1.165, 1.54) is 5.01 Å². The topological polar surface area (TPSA) is 82.7 Å². The van der Waals surface area contributed by atoms with Crippen molar-refractivity contribution < 1.29 is 14.2 Å². The Morgan fingerprint density at radius 3 is 2.88 bits per heavy atom. The summed E-state index contributed by atoms with van der Waals surface area (Å²) in [7, 11) is 1.64. The van der Waals surface area contributed by atoms with Gasteiger partial charge in [-0.1, -0.05) is 18.2 Å². The highest BCUT2D eigenvalue weighted by molar-refractivity contribution is 5.62. The van der Waals surface area contributed by atoms with E-state index < -0.39 is 0 Å². The van der Waals surface area contributed by atoms with Gasteiger partial charge in [0, 0.05) is 11.8 Å². The number of hydrogen-bond acceptors (Lipinski definition) is 7. The molecule has 0 atom stereocenters. The molecule has 0 fully saturated rings. The van der Waals surface area contributed by atoms with Crippen molar-refractivity contribution in [1.82, 2.24) is 9.97 Å². The summed E-state index contributed by atoms with van der Waals surface area (Å²) in [6, 6.07) is 15.3. The Morgan fingerprint density at radius 2 is 2.00 bits per heavy atom. The van der Waals surface area contributed by atoms with Gasteiger partial charge < -0.3 is 14.2 Å². The van der Waals surface area contributed by atoms with Gasteiger partial charge in [0.1, 0.15) is 5.75 Å². The molecule has 132 valence electrons. The first-order valence-electron chi connectivity index (χ1n) is 8.11. The van der Waals surface area contributed by atoms with Gasteiger partial charge in [0.25, 0.3) is 0 Å². The van der Waals surface area contributed by atoms with E-state index in [-0.39, 0.29) is 6.79 Å². The van der Waals surface area contributed by atoms with Crippen LogP contribution in [0.3, 0.4) is 0 Å². The molecular weight excluding hydrogens is 332 g/mol. The Labute approximate surface area is 150 Å². The van der Waals surface area contributed by atoms with Gasteiger partial charge in [-0.3, -0.25) is 5.01 Å². The molecule has 0 unspecified atom stereocenters. The fourth-order valence-electron chi connectivity index (χ4n) is 2.74. The van der Waals surface area contributed by atoms with E-state index in [4.69, 9.17) is 20.1 Å². The van der Waals surface area contributed by atoms with E-state index in [1.807, 2.05) is 48.5 Å².